The first-order valence-corrected chi connectivity index (χ1v) is 8.95. The first kappa shape index (κ1) is 20.9. The summed E-state index contributed by atoms with van der Waals surface area (Å²) in [6, 6.07) is 13.9. The summed E-state index contributed by atoms with van der Waals surface area (Å²) in [5, 5.41) is 18.8. The molecule has 0 bridgehead atoms. The summed E-state index contributed by atoms with van der Waals surface area (Å²) in [6.07, 6.45) is 1.15. The average Bonchev–Trinajstić information content (AvgIpc) is 3.09. The Hall–Kier alpha value is -1.12. The lowest BCUT2D eigenvalue weighted by atomic mass is 10.1. The maximum atomic E-state index is 10.2. The quantitative estimate of drug-likeness (QED) is 0.321. The number of nitrogens with zero attached hydrogens (tertiary/aromatic N) is 1. The Kier molecular flexibility index (Phi) is 10.7. The van der Waals surface area contributed by atoms with Crippen LogP contribution < -0.4 is 10.6 Å². The molecule has 0 aliphatic rings. The van der Waals surface area contributed by atoms with Gasteiger partial charge in [-0.15, -0.1) is 35.3 Å². The van der Waals surface area contributed by atoms with Gasteiger partial charge in [-0.2, -0.15) is 0 Å². The number of guanidine groups is 1. The predicted octanol–water partition coefficient (Wildman–Crippen LogP) is 3.59. The van der Waals surface area contributed by atoms with E-state index >= 15 is 0 Å². The molecule has 1 unspecified atom stereocenters. The second kappa shape index (κ2) is 12.3. The van der Waals surface area contributed by atoms with Crippen LogP contribution in [0.3, 0.4) is 0 Å². The second-order valence-electron chi connectivity index (χ2n) is 5.23. The topological polar surface area (TPSA) is 56.7 Å². The Morgan fingerprint density at radius 2 is 1.96 bits per heavy atom. The van der Waals surface area contributed by atoms with Gasteiger partial charge >= 0.3 is 0 Å². The van der Waals surface area contributed by atoms with Gasteiger partial charge < -0.3 is 15.7 Å². The van der Waals surface area contributed by atoms with Crippen LogP contribution in [-0.2, 0) is 6.42 Å². The molecule has 2 aromatic rings. The molecule has 2 rings (SSSR count). The Morgan fingerprint density at radius 1 is 1.17 bits per heavy atom. The van der Waals surface area contributed by atoms with Gasteiger partial charge in [0.2, 0.25) is 0 Å². The minimum absolute atomic E-state index is 0. The van der Waals surface area contributed by atoms with Crippen LogP contribution in [-0.4, -0.2) is 30.7 Å². The molecular formula is C18H26IN3OS. The number of rotatable bonds is 8. The zero-order valence-corrected chi connectivity index (χ0v) is 17.1. The third-order valence-electron chi connectivity index (χ3n) is 3.44. The highest BCUT2D eigenvalue weighted by Gasteiger charge is 2.06. The summed E-state index contributed by atoms with van der Waals surface area (Å²) in [6.45, 7) is 4.32. The number of nitrogens with one attached hydrogen (secondary N) is 2. The van der Waals surface area contributed by atoms with Gasteiger partial charge in [0.15, 0.2) is 5.96 Å². The van der Waals surface area contributed by atoms with E-state index in [-0.39, 0.29) is 24.0 Å². The van der Waals surface area contributed by atoms with Crippen LogP contribution in [0.5, 0.6) is 0 Å². The van der Waals surface area contributed by atoms with Crippen LogP contribution in [0.2, 0.25) is 0 Å². The van der Waals surface area contributed by atoms with Crippen molar-refractivity contribution in [1.82, 2.24) is 10.6 Å². The molecule has 0 radical (unpaired) electrons. The van der Waals surface area contributed by atoms with Gasteiger partial charge in [0, 0.05) is 24.5 Å². The zero-order chi connectivity index (χ0) is 16.3. The molecule has 0 fully saturated rings. The molecule has 0 saturated heterocycles. The highest BCUT2D eigenvalue weighted by atomic mass is 127. The molecule has 1 atom stereocenters. The van der Waals surface area contributed by atoms with Gasteiger partial charge in [-0.1, -0.05) is 36.4 Å². The summed E-state index contributed by atoms with van der Waals surface area (Å²) in [7, 11) is 0. The number of hydrogen-bond acceptors (Lipinski definition) is 3. The van der Waals surface area contributed by atoms with Crippen molar-refractivity contribution in [2.45, 2.75) is 25.9 Å². The standard InChI is InChI=1S/C18H25N3OS.HI/c1-2-19-18(20-12-10-16-9-6-14-23-16)21-13-11-17(22)15-7-4-3-5-8-15;/h3-9,14,17,22H,2,10-13H2,1H3,(H2,19,20,21);1H. The minimum Gasteiger partial charge on any atom is -0.388 e. The van der Waals surface area contributed by atoms with Crippen molar-refractivity contribution in [3.8, 4) is 0 Å². The lowest BCUT2D eigenvalue weighted by molar-refractivity contribution is 0.170. The van der Waals surface area contributed by atoms with Crippen LogP contribution in [0, 0.1) is 0 Å². The second-order valence-corrected chi connectivity index (χ2v) is 6.26. The van der Waals surface area contributed by atoms with E-state index in [4.69, 9.17) is 0 Å². The van der Waals surface area contributed by atoms with E-state index < -0.39 is 6.10 Å². The highest BCUT2D eigenvalue weighted by Crippen LogP contribution is 2.15. The number of halogens is 1. The van der Waals surface area contributed by atoms with Crippen molar-refractivity contribution in [1.29, 1.82) is 0 Å². The van der Waals surface area contributed by atoms with Gasteiger partial charge in [-0.05, 0) is 36.8 Å². The Balaban J connectivity index is 0.00000288. The van der Waals surface area contributed by atoms with Crippen LogP contribution in [0.1, 0.15) is 29.9 Å². The SMILES string of the molecule is CCNC(=NCCC(O)c1ccccc1)NCCc1cccs1.I. The molecule has 0 aliphatic carbocycles. The monoisotopic (exact) mass is 459 g/mol. The largest absolute Gasteiger partial charge is 0.388 e. The summed E-state index contributed by atoms with van der Waals surface area (Å²) >= 11 is 1.77. The molecule has 0 aliphatic heterocycles. The molecular weight excluding hydrogens is 433 g/mol. The third kappa shape index (κ3) is 7.63. The van der Waals surface area contributed by atoms with E-state index in [1.54, 1.807) is 11.3 Å². The smallest absolute Gasteiger partial charge is 0.191 e. The number of hydrogen-bond donors (Lipinski definition) is 3. The molecule has 3 N–H and O–H groups in total. The van der Waals surface area contributed by atoms with E-state index in [9.17, 15) is 5.11 Å². The minimum atomic E-state index is -0.464. The van der Waals surface area contributed by atoms with Crippen molar-refractivity contribution in [3.63, 3.8) is 0 Å². The number of benzene rings is 1. The normalized spacial score (nSPS) is 12.3. The molecule has 4 nitrogen and oxygen atoms in total. The number of thiophene rings is 1. The summed E-state index contributed by atoms with van der Waals surface area (Å²) in [5.74, 6) is 0.810. The van der Waals surface area contributed by atoms with Gasteiger partial charge in [0.05, 0.1) is 6.10 Å². The fourth-order valence-corrected chi connectivity index (χ4v) is 2.95. The molecule has 0 saturated carbocycles. The molecule has 1 aromatic carbocycles. The number of aliphatic hydroxyl groups is 1. The molecule has 0 spiro atoms. The van der Waals surface area contributed by atoms with Gasteiger partial charge in [-0.3, -0.25) is 4.99 Å². The summed E-state index contributed by atoms with van der Waals surface area (Å²) < 4.78 is 0. The van der Waals surface area contributed by atoms with E-state index in [2.05, 4.69) is 40.1 Å². The van der Waals surface area contributed by atoms with E-state index in [1.807, 2.05) is 30.3 Å². The highest BCUT2D eigenvalue weighted by molar-refractivity contribution is 14.0. The first-order chi connectivity index (χ1) is 11.3. The number of aliphatic imine (C=N–C) groups is 1. The molecule has 132 valence electrons. The third-order valence-corrected chi connectivity index (χ3v) is 4.38. The zero-order valence-electron chi connectivity index (χ0n) is 13.9. The lowest BCUT2D eigenvalue weighted by Gasteiger charge is -2.12. The fraction of sp³-hybridized carbons (Fsp3) is 0.389. The predicted molar refractivity (Wildman–Crippen MR) is 113 cm³/mol. The van der Waals surface area contributed by atoms with Crippen LogP contribution >= 0.6 is 35.3 Å². The maximum absolute atomic E-state index is 10.2. The number of aliphatic hydroxyl groups excluding tert-OH is 1. The van der Waals surface area contributed by atoms with Crippen molar-refractivity contribution in [2.24, 2.45) is 4.99 Å². The van der Waals surface area contributed by atoms with Gasteiger partial charge in [-0.25, -0.2) is 0 Å². The molecule has 0 amide bonds. The maximum Gasteiger partial charge on any atom is 0.191 e. The fourth-order valence-electron chi connectivity index (χ4n) is 2.24. The van der Waals surface area contributed by atoms with E-state index in [0.717, 1.165) is 31.0 Å². The van der Waals surface area contributed by atoms with Crippen LogP contribution in [0.4, 0.5) is 0 Å². The Labute approximate surface area is 165 Å². The van der Waals surface area contributed by atoms with Crippen molar-refractivity contribution >= 4 is 41.3 Å². The van der Waals surface area contributed by atoms with Gasteiger partial charge in [0.25, 0.3) is 0 Å². The van der Waals surface area contributed by atoms with Crippen LogP contribution in [0.25, 0.3) is 0 Å². The Morgan fingerprint density at radius 3 is 2.62 bits per heavy atom. The Bertz CT molecular complexity index is 575. The molecule has 6 heteroatoms. The average molecular weight is 459 g/mol. The van der Waals surface area contributed by atoms with Crippen molar-refractivity contribution < 1.29 is 5.11 Å². The summed E-state index contributed by atoms with van der Waals surface area (Å²) in [5.41, 5.74) is 0.943. The van der Waals surface area contributed by atoms with Gasteiger partial charge in [0.1, 0.15) is 0 Å². The summed E-state index contributed by atoms with van der Waals surface area (Å²) in [4.78, 5) is 5.90. The van der Waals surface area contributed by atoms with Crippen LogP contribution in [0.15, 0.2) is 52.8 Å². The lowest BCUT2D eigenvalue weighted by Crippen LogP contribution is -2.38. The van der Waals surface area contributed by atoms with E-state index in [1.165, 1.54) is 4.88 Å². The van der Waals surface area contributed by atoms with Crippen molar-refractivity contribution in [3.05, 3.63) is 58.3 Å². The molecule has 1 heterocycles. The first-order valence-electron chi connectivity index (χ1n) is 8.07. The molecule has 24 heavy (non-hydrogen) atoms. The van der Waals surface area contributed by atoms with E-state index in [0.29, 0.717) is 13.0 Å². The molecule has 1 aromatic heterocycles. The van der Waals surface area contributed by atoms with Crippen molar-refractivity contribution in [2.75, 3.05) is 19.6 Å².